The number of rotatable bonds is 8. The summed E-state index contributed by atoms with van der Waals surface area (Å²) in [6.45, 7) is 4.93. The maximum atomic E-state index is 11.4. The quantitative estimate of drug-likeness (QED) is 0.513. The molecule has 0 aromatic rings. The van der Waals surface area contributed by atoms with Gasteiger partial charge in [-0.05, 0) is 0 Å². The number of hydrogen-bond acceptors (Lipinski definition) is 4. The number of aliphatic hydroxyl groups is 1. The van der Waals surface area contributed by atoms with Crippen LogP contribution in [0.4, 0.5) is 0 Å². The van der Waals surface area contributed by atoms with Crippen LogP contribution in [-0.4, -0.2) is 50.0 Å². The zero-order valence-electron chi connectivity index (χ0n) is 9.75. The highest BCUT2D eigenvalue weighted by atomic mass is 16.5. The summed E-state index contributed by atoms with van der Waals surface area (Å²) >= 11 is 0. The molecule has 0 aliphatic rings. The van der Waals surface area contributed by atoms with Gasteiger partial charge in [0.1, 0.15) is 0 Å². The van der Waals surface area contributed by atoms with Crippen molar-refractivity contribution in [3.8, 4) is 0 Å². The van der Waals surface area contributed by atoms with E-state index in [0.717, 1.165) is 0 Å². The first-order valence-corrected chi connectivity index (χ1v) is 5.22. The van der Waals surface area contributed by atoms with E-state index in [-0.39, 0.29) is 18.6 Å². The summed E-state index contributed by atoms with van der Waals surface area (Å²) < 4.78 is 4.85. The number of carbonyl (C=O) groups excluding carboxylic acids is 1. The lowest BCUT2D eigenvalue weighted by atomic mass is 10.3. The van der Waals surface area contributed by atoms with Crippen LogP contribution < -0.4 is 10.6 Å². The van der Waals surface area contributed by atoms with Gasteiger partial charge < -0.3 is 20.5 Å². The van der Waals surface area contributed by atoms with E-state index < -0.39 is 0 Å². The minimum atomic E-state index is -0.304. The molecule has 0 aromatic carbocycles. The fourth-order valence-electron chi connectivity index (χ4n) is 1.12. The Bertz CT molecular complexity index is 174. The van der Waals surface area contributed by atoms with E-state index in [1.165, 1.54) is 7.11 Å². The normalized spacial score (nSPS) is 12.9. The molecule has 3 N–H and O–H groups in total. The van der Waals surface area contributed by atoms with Gasteiger partial charge in [0.15, 0.2) is 0 Å². The second-order valence-electron chi connectivity index (χ2n) is 3.76. The standard InChI is InChI=1S/C10H22N2O3/c1-8(2)11-5-4-10(14)12-9(6-13)7-15-3/h8-9,11,13H,4-7H2,1-3H3,(H,12,14). The molecule has 0 rings (SSSR count). The molecule has 0 aliphatic heterocycles. The topological polar surface area (TPSA) is 70.6 Å². The zero-order valence-corrected chi connectivity index (χ0v) is 9.75. The number of hydrogen-bond donors (Lipinski definition) is 3. The molecular formula is C10H22N2O3. The zero-order chi connectivity index (χ0) is 11.7. The maximum absolute atomic E-state index is 11.4. The molecular weight excluding hydrogens is 196 g/mol. The molecule has 0 bridgehead atoms. The maximum Gasteiger partial charge on any atom is 0.221 e. The van der Waals surface area contributed by atoms with Crippen molar-refractivity contribution in [1.29, 1.82) is 0 Å². The first kappa shape index (κ1) is 14.3. The Labute approximate surface area is 91.2 Å². The number of amides is 1. The van der Waals surface area contributed by atoms with E-state index in [2.05, 4.69) is 10.6 Å². The SMILES string of the molecule is COCC(CO)NC(=O)CCNC(C)C. The van der Waals surface area contributed by atoms with Crippen molar-refractivity contribution >= 4 is 5.91 Å². The molecule has 1 unspecified atom stereocenters. The van der Waals surface area contributed by atoms with Crippen LogP contribution in [0.25, 0.3) is 0 Å². The summed E-state index contributed by atoms with van der Waals surface area (Å²) in [5, 5.41) is 14.7. The van der Waals surface area contributed by atoms with Crippen LogP contribution >= 0.6 is 0 Å². The Morgan fingerprint density at radius 3 is 2.60 bits per heavy atom. The van der Waals surface area contributed by atoms with Crippen molar-refractivity contribution in [2.45, 2.75) is 32.4 Å². The lowest BCUT2D eigenvalue weighted by Crippen LogP contribution is -2.41. The van der Waals surface area contributed by atoms with Crippen LogP contribution in [0.2, 0.25) is 0 Å². The monoisotopic (exact) mass is 218 g/mol. The Morgan fingerprint density at radius 1 is 1.47 bits per heavy atom. The van der Waals surface area contributed by atoms with Crippen molar-refractivity contribution in [1.82, 2.24) is 10.6 Å². The largest absolute Gasteiger partial charge is 0.394 e. The molecule has 1 atom stereocenters. The number of nitrogens with one attached hydrogen (secondary N) is 2. The number of aliphatic hydroxyl groups excluding tert-OH is 1. The molecule has 0 saturated carbocycles. The van der Waals surface area contributed by atoms with E-state index in [9.17, 15) is 4.79 Å². The van der Waals surface area contributed by atoms with Crippen molar-refractivity contribution < 1.29 is 14.6 Å². The van der Waals surface area contributed by atoms with E-state index in [1.54, 1.807) is 0 Å². The Balaban J connectivity index is 3.61. The van der Waals surface area contributed by atoms with Crippen LogP contribution in [0.1, 0.15) is 20.3 Å². The van der Waals surface area contributed by atoms with Gasteiger partial charge in [-0.3, -0.25) is 4.79 Å². The predicted octanol–water partition coefficient (Wildman–Crippen LogP) is -0.502. The smallest absolute Gasteiger partial charge is 0.221 e. The molecule has 0 aromatic heterocycles. The van der Waals surface area contributed by atoms with Gasteiger partial charge in [0.25, 0.3) is 0 Å². The predicted molar refractivity (Wildman–Crippen MR) is 58.6 cm³/mol. The number of methoxy groups -OCH3 is 1. The summed E-state index contributed by atoms with van der Waals surface area (Å²) in [4.78, 5) is 11.4. The van der Waals surface area contributed by atoms with Gasteiger partial charge in [-0.15, -0.1) is 0 Å². The summed E-state index contributed by atoms with van der Waals surface area (Å²) in [5.74, 6) is -0.0701. The van der Waals surface area contributed by atoms with Gasteiger partial charge in [-0.1, -0.05) is 13.8 Å². The fourth-order valence-corrected chi connectivity index (χ4v) is 1.12. The molecule has 5 nitrogen and oxygen atoms in total. The molecule has 0 aliphatic carbocycles. The van der Waals surface area contributed by atoms with E-state index in [1.807, 2.05) is 13.8 Å². The minimum absolute atomic E-state index is 0.0701. The minimum Gasteiger partial charge on any atom is -0.394 e. The third-order valence-corrected chi connectivity index (χ3v) is 1.86. The molecule has 1 amide bonds. The average molecular weight is 218 g/mol. The third-order valence-electron chi connectivity index (χ3n) is 1.86. The molecule has 0 saturated heterocycles. The molecule has 5 heteroatoms. The van der Waals surface area contributed by atoms with Crippen molar-refractivity contribution in [3.63, 3.8) is 0 Å². The second kappa shape index (κ2) is 8.64. The van der Waals surface area contributed by atoms with Gasteiger partial charge in [0, 0.05) is 26.1 Å². The highest BCUT2D eigenvalue weighted by molar-refractivity contribution is 5.76. The Morgan fingerprint density at radius 2 is 2.13 bits per heavy atom. The van der Waals surface area contributed by atoms with E-state index in [4.69, 9.17) is 9.84 Å². The van der Waals surface area contributed by atoms with Gasteiger partial charge >= 0.3 is 0 Å². The molecule has 0 spiro atoms. The van der Waals surface area contributed by atoms with Gasteiger partial charge in [-0.25, -0.2) is 0 Å². The molecule has 0 radical (unpaired) electrons. The molecule has 0 fully saturated rings. The van der Waals surface area contributed by atoms with E-state index >= 15 is 0 Å². The van der Waals surface area contributed by atoms with Crippen LogP contribution in [0, 0.1) is 0 Å². The number of carbonyl (C=O) groups is 1. The summed E-state index contributed by atoms with van der Waals surface area (Å²) in [7, 11) is 1.54. The molecule has 90 valence electrons. The van der Waals surface area contributed by atoms with Gasteiger partial charge in [0.05, 0.1) is 19.3 Å². The Kier molecular flexibility index (Phi) is 8.27. The lowest BCUT2D eigenvalue weighted by Gasteiger charge is -2.15. The summed E-state index contributed by atoms with van der Waals surface area (Å²) in [6, 6.07) is 0.0759. The number of ether oxygens (including phenoxy) is 1. The first-order chi connectivity index (χ1) is 7.10. The summed E-state index contributed by atoms with van der Waals surface area (Å²) in [5.41, 5.74) is 0. The average Bonchev–Trinajstić information content (AvgIpc) is 2.16. The van der Waals surface area contributed by atoms with Crippen LogP contribution in [0.5, 0.6) is 0 Å². The van der Waals surface area contributed by atoms with Crippen LogP contribution in [0.15, 0.2) is 0 Å². The summed E-state index contributed by atoms with van der Waals surface area (Å²) in [6.07, 6.45) is 0.415. The highest BCUT2D eigenvalue weighted by Gasteiger charge is 2.10. The van der Waals surface area contributed by atoms with Crippen LogP contribution in [-0.2, 0) is 9.53 Å². The van der Waals surface area contributed by atoms with E-state index in [0.29, 0.717) is 25.6 Å². The third kappa shape index (κ3) is 8.35. The fraction of sp³-hybridized carbons (Fsp3) is 0.900. The van der Waals surface area contributed by atoms with Crippen molar-refractivity contribution in [2.24, 2.45) is 0 Å². The van der Waals surface area contributed by atoms with Crippen molar-refractivity contribution in [3.05, 3.63) is 0 Å². The second-order valence-corrected chi connectivity index (χ2v) is 3.76. The molecule has 0 heterocycles. The lowest BCUT2D eigenvalue weighted by molar-refractivity contribution is -0.122. The highest BCUT2D eigenvalue weighted by Crippen LogP contribution is 1.87. The van der Waals surface area contributed by atoms with Crippen LogP contribution in [0.3, 0.4) is 0 Å². The van der Waals surface area contributed by atoms with Crippen molar-refractivity contribution in [2.75, 3.05) is 26.9 Å². The molecule has 15 heavy (non-hydrogen) atoms. The Hall–Kier alpha value is -0.650. The van der Waals surface area contributed by atoms with Gasteiger partial charge in [-0.2, -0.15) is 0 Å². The first-order valence-electron chi connectivity index (χ1n) is 5.22. The van der Waals surface area contributed by atoms with Gasteiger partial charge in [0.2, 0.25) is 5.91 Å².